The number of benzene rings is 2. The maximum Gasteiger partial charge on any atom is 0.407 e. The minimum absolute atomic E-state index is 0.00136. The summed E-state index contributed by atoms with van der Waals surface area (Å²) in [7, 11) is 0. The zero-order valence-corrected chi connectivity index (χ0v) is 25.8. The molecule has 1 aliphatic carbocycles. The molecule has 246 valence electrons. The maximum absolute atomic E-state index is 12.3. The van der Waals surface area contributed by atoms with E-state index in [1.165, 1.54) is 11.1 Å². The van der Waals surface area contributed by atoms with E-state index in [9.17, 15) is 14.4 Å². The molecule has 2 aromatic carbocycles. The average molecular weight is 635 g/mol. The van der Waals surface area contributed by atoms with Crippen LogP contribution >= 0.6 is 0 Å². The zero-order chi connectivity index (χ0) is 32.4. The van der Waals surface area contributed by atoms with Gasteiger partial charge in [-0.25, -0.2) is 9.59 Å². The maximum atomic E-state index is 12.3. The van der Waals surface area contributed by atoms with Gasteiger partial charge in [-0.2, -0.15) is 0 Å². The molecular weight excluding hydrogens is 592 g/mol. The highest BCUT2D eigenvalue weighted by Gasteiger charge is 2.29. The Hall–Kier alpha value is -4.29. The summed E-state index contributed by atoms with van der Waals surface area (Å²) in [6, 6.07) is 16.4. The van der Waals surface area contributed by atoms with Gasteiger partial charge in [0.2, 0.25) is 0 Å². The lowest BCUT2D eigenvalue weighted by molar-refractivity contribution is -0.142. The fraction of sp³-hybridized carbons (Fsp3) is 0.400. The number of carboxylic acids is 1. The first kappa shape index (κ1) is 34.6. The van der Waals surface area contributed by atoms with Gasteiger partial charge < -0.3 is 44.2 Å². The molecule has 0 bridgehead atoms. The topological polar surface area (TPSA) is 142 Å². The second kappa shape index (κ2) is 19.3. The van der Waals surface area contributed by atoms with E-state index in [4.69, 9.17) is 28.8 Å². The third kappa shape index (κ3) is 10.7. The van der Waals surface area contributed by atoms with Crippen LogP contribution in [0.4, 0.5) is 4.79 Å². The van der Waals surface area contributed by atoms with Crippen LogP contribution in [0.2, 0.25) is 0 Å². The zero-order valence-electron chi connectivity index (χ0n) is 25.8. The number of fused-ring (bicyclic) bond motifs is 3. The molecule has 0 fully saturated rings. The van der Waals surface area contributed by atoms with Crippen LogP contribution in [0.25, 0.3) is 11.1 Å². The number of alkyl carbamates (subject to hydrolysis) is 1. The Morgan fingerprint density at radius 3 is 2.24 bits per heavy atom. The highest BCUT2D eigenvalue weighted by molar-refractivity contribution is 5.79. The monoisotopic (exact) mass is 634 g/mol. The molecule has 0 saturated heterocycles. The number of aliphatic carboxylic acids is 1. The van der Waals surface area contributed by atoms with E-state index >= 15 is 0 Å². The molecule has 0 aromatic heterocycles. The van der Waals surface area contributed by atoms with Crippen molar-refractivity contribution < 1.29 is 43.2 Å². The fourth-order valence-corrected chi connectivity index (χ4v) is 5.46. The number of carbonyl (C=O) groups excluding carboxylic acids is 2. The van der Waals surface area contributed by atoms with E-state index in [0.29, 0.717) is 19.6 Å². The van der Waals surface area contributed by atoms with E-state index in [1.807, 2.05) is 48.6 Å². The summed E-state index contributed by atoms with van der Waals surface area (Å²) in [5, 5.41) is 14.6. The third-order valence-corrected chi connectivity index (χ3v) is 7.65. The minimum Gasteiger partial charge on any atom is -0.480 e. The van der Waals surface area contributed by atoms with Crippen LogP contribution in [0, 0.1) is 11.8 Å². The van der Waals surface area contributed by atoms with Crippen LogP contribution in [0.5, 0.6) is 0 Å². The molecule has 3 N–H and O–H groups in total. The van der Waals surface area contributed by atoms with Gasteiger partial charge in [-0.1, -0.05) is 60.7 Å². The van der Waals surface area contributed by atoms with Crippen molar-refractivity contribution in [3.05, 3.63) is 95.9 Å². The van der Waals surface area contributed by atoms with Gasteiger partial charge in [0.15, 0.2) is 0 Å². The molecule has 2 aromatic rings. The van der Waals surface area contributed by atoms with Crippen molar-refractivity contribution in [2.45, 2.75) is 12.3 Å². The first-order valence-electron chi connectivity index (χ1n) is 15.4. The van der Waals surface area contributed by atoms with Crippen LogP contribution in [-0.4, -0.2) is 89.5 Å². The predicted octanol–water partition coefficient (Wildman–Crippen LogP) is 4.05. The number of carbonyl (C=O) groups is 3. The van der Waals surface area contributed by atoms with Crippen LogP contribution < -0.4 is 10.6 Å². The summed E-state index contributed by atoms with van der Waals surface area (Å²) in [6.07, 6.45) is 10.3. The summed E-state index contributed by atoms with van der Waals surface area (Å²) in [5.41, 5.74) is 5.54. The second-order valence-corrected chi connectivity index (χ2v) is 10.7. The lowest BCUT2D eigenvalue weighted by Crippen LogP contribution is -2.30. The van der Waals surface area contributed by atoms with Crippen LogP contribution in [0.3, 0.4) is 0 Å². The largest absolute Gasteiger partial charge is 0.480 e. The summed E-state index contributed by atoms with van der Waals surface area (Å²) in [6.45, 7) is 2.02. The van der Waals surface area contributed by atoms with Crippen LogP contribution in [-0.2, 0) is 33.3 Å². The van der Waals surface area contributed by atoms with E-state index in [1.54, 1.807) is 6.20 Å². The molecule has 11 heteroatoms. The molecule has 0 spiro atoms. The summed E-state index contributed by atoms with van der Waals surface area (Å²) >= 11 is 0. The van der Waals surface area contributed by atoms with Gasteiger partial charge in [0.25, 0.3) is 0 Å². The van der Waals surface area contributed by atoms with Gasteiger partial charge in [0, 0.05) is 42.8 Å². The number of hydrogen-bond acceptors (Lipinski definition) is 9. The first-order valence-corrected chi connectivity index (χ1v) is 15.4. The van der Waals surface area contributed by atoms with E-state index in [0.717, 1.165) is 23.1 Å². The van der Waals surface area contributed by atoms with Gasteiger partial charge in [0.1, 0.15) is 19.5 Å². The van der Waals surface area contributed by atoms with Crippen LogP contribution in [0.15, 0.2) is 84.7 Å². The Bertz CT molecular complexity index is 1330. The highest BCUT2D eigenvalue weighted by Crippen LogP contribution is 2.44. The molecule has 46 heavy (non-hydrogen) atoms. The first-order chi connectivity index (χ1) is 22.6. The normalized spacial score (nSPS) is 14.7. The molecule has 2 aliphatic rings. The molecule has 4 rings (SSSR count). The van der Waals surface area contributed by atoms with Crippen molar-refractivity contribution in [3.63, 3.8) is 0 Å². The number of carboxylic acid groups (broad SMARTS) is 1. The number of allylic oxidation sites excluding steroid dienone is 5. The Morgan fingerprint density at radius 2 is 1.52 bits per heavy atom. The number of ether oxygens (including phenoxy) is 5. The smallest absolute Gasteiger partial charge is 0.407 e. The molecule has 11 nitrogen and oxygen atoms in total. The van der Waals surface area contributed by atoms with E-state index < -0.39 is 18.0 Å². The average Bonchev–Trinajstić information content (AvgIpc) is 3.18. The molecule has 1 heterocycles. The van der Waals surface area contributed by atoms with Crippen molar-refractivity contribution in [1.29, 1.82) is 0 Å². The van der Waals surface area contributed by atoms with E-state index in [-0.39, 0.29) is 64.6 Å². The van der Waals surface area contributed by atoms with E-state index in [2.05, 4.69) is 34.9 Å². The number of hydrogen-bond donors (Lipinski definition) is 3. The lowest BCUT2D eigenvalue weighted by atomic mass is 9.88. The van der Waals surface area contributed by atoms with Crippen LogP contribution in [0.1, 0.15) is 23.5 Å². The van der Waals surface area contributed by atoms with Crippen molar-refractivity contribution >= 4 is 18.3 Å². The molecule has 2 unspecified atom stereocenters. The number of amides is 1. The Labute approximate surface area is 269 Å². The number of rotatable bonds is 21. The van der Waals surface area contributed by atoms with Crippen molar-refractivity contribution in [1.82, 2.24) is 10.6 Å². The molecule has 2 atom stereocenters. The van der Waals surface area contributed by atoms with Crippen molar-refractivity contribution in [2.75, 3.05) is 66.0 Å². The Kier molecular flexibility index (Phi) is 14.5. The predicted molar refractivity (Wildman–Crippen MR) is 171 cm³/mol. The Morgan fingerprint density at radius 1 is 0.848 bits per heavy atom. The van der Waals surface area contributed by atoms with Crippen molar-refractivity contribution in [3.8, 4) is 11.1 Å². The summed E-state index contributed by atoms with van der Waals surface area (Å²) in [5.74, 6) is -1.65. The standard InChI is InChI=1S/C35H42N2O9/c38-22-26(27(33-12-2-1-7-14-36-33)13-16-42-18-21-45-25-34(39)40)23-44-20-19-43-17-15-37-35(41)46-24-32-30-10-5-3-8-28(30)29-9-4-6-11-31(29)32/h1-12,14,22,26-27,32,36H,13,15-21,23-25H2,(H,37,41)(H,39,40). The SMILES string of the molecule is O=CC(COCCOCCNC(=O)OCC1c2ccccc2-c2ccccc21)C(CCOCCOCC(=O)O)C1=CC=CC=CN1. The van der Waals surface area contributed by atoms with Gasteiger partial charge in [-0.3, -0.25) is 0 Å². The molecular formula is C35H42N2O9. The quantitative estimate of drug-likeness (QED) is 0.136. The minimum atomic E-state index is -1.03. The lowest BCUT2D eigenvalue weighted by Gasteiger charge is -2.25. The molecule has 1 amide bonds. The summed E-state index contributed by atoms with van der Waals surface area (Å²) in [4.78, 5) is 35.0. The van der Waals surface area contributed by atoms with Gasteiger partial charge in [-0.15, -0.1) is 0 Å². The second-order valence-electron chi connectivity index (χ2n) is 10.7. The molecule has 0 radical (unpaired) electrons. The van der Waals surface area contributed by atoms with Crippen molar-refractivity contribution in [2.24, 2.45) is 11.8 Å². The highest BCUT2D eigenvalue weighted by atomic mass is 16.6. The summed E-state index contributed by atoms with van der Waals surface area (Å²) < 4.78 is 27.5. The Balaban J connectivity index is 1.11. The number of nitrogens with one attached hydrogen (secondary N) is 2. The molecule has 0 saturated carbocycles. The fourth-order valence-electron chi connectivity index (χ4n) is 5.46. The van der Waals surface area contributed by atoms with Gasteiger partial charge in [-0.05, 0) is 40.8 Å². The third-order valence-electron chi connectivity index (χ3n) is 7.65. The van der Waals surface area contributed by atoms with Gasteiger partial charge in [0.05, 0.1) is 39.6 Å². The number of aldehydes is 1. The van der Waals surface area contributed by atoms with Gasteiger partial charge >= 0.3 is 12.1 Å². The molecule has 1 aliphatic heterocycles.